The Balaban J connectivity index is 1.28. The third-order valence-corrected chi connectivity index (χ3v) is 13.3. The van der Waals surface area contributed by atoms with Crippen LogP contribution >= 0.6 is 0 Å². The van der Waals surface area contributed by atoms with Crippen LogP contribution < -0.4 is 0 Å². The SMILES string of the molecule is CCCCCC(C1CC(CCC(O)CCCC)CC(c2cccc(O)c2)C1)[C@H](O)C12CC3CC(CC(c4ccc(O)cc4)(C3)C1)C2. The van der Waals surface area contributed by atoms with Gasteiger partial charge in [-0.2, -0.15) is 0 Å². The van der Waals surface area contributed by atoms with E-state index in [9.17, 15) is 20.4 Å². The van der Waals surface area contributed by atoms with Crippen LogP contribution in [-0.2, 0) is 5.41 Å². The van der Waals surface area contributed by atoms with Crippen molar-refractivity contribution in [3.05, 3.63) is 59.7 Å². The van der Waals surface area contributed by atoms with Gasteiger partial charge in [-0.25, -0.2) is 0 Å². The molecule has 5 fully saturated rings. The van der Waals surface area contributed by atoms with Crippen LogP contribution in [0, 0.1) is 35.0 Å². The van der Waals surface area contributed by atoms with Crippen LogP contribution in [0.5, 0.6) is 11.5 Å². The summed E-state index contributed by atoms with van der Waals surface area (Å²) in [6, 6.07) is 16.0. The Morgan fingerprint density at radius 3 is 2.17 bits per heavy atom. The summed E-state index contributed by atoms with van der Waals surface area (Å²) in [6.45, 7) is 4.48. The van der Waals surface area contributed by atoms with Crippen LogP contribution in [0.4, 0.5) is 0 Å². The van der Waals surface area contributed by atoms with Gasteiger partial charge in [0.2, 0.25) is 0 Å². The molecule has 0 spiro atoms. The maximum Gasteiger partial charge on any atom is 0.115 e. The predicted octanol–water partition coefficient (Wildman–Crippen LogP) is 10.0. The van der Waals surface area contributed by atoms with Crippen molar-refractivity contribution in [3.8, 4) is 11.5 Å². The number of benzene rings is 2. The normalized spacial score (nSPS) is 34.0. The van der Waals surface area contributed by atoms with Crippen molar-refractivity contribution in [2.45, 2.75) is 153 Å². The summed E-state index contributed by atoms with van der Waals surface area (Å²) >= 11 is 0. The van der Waals surface area contributed by atoms with Crippen molar-refractivity contribution < 1.29 is 20.4 Å². The van der Waals surface area contributed by atoms with Gasteiger partial charge in [0.1, 0.15) is 11.5 Å². The summed E-state index contributed by atoms with van der Waals surface area (Å²) in [5.41, 5.74) is 2.72. The van der Waals surface area contributed by atoms with Crippen molar-refractivity contribution in [2.75, 3.05) is 0 Å². The molecule has 5 aliphatic rings. The Kier molecular flexibility index (Phi) is 10.7. The van der Waals surface area contributed by atoms with E-state index in [2.05, 4.69) is 32.0 Å². The zero-order valence-corrected chi connectivity index (χ0v) is 28.8. The van der Waals surface area contributed by atoms with E-state index < -0.39 is 0 Å². The number of unbranched alkanes of at least 4 members (excludes halogenated alkanes) is 3. The molecular weight excluding hydrogens is 568 g/mol. The minimum atomic E-state index is -0.296. The van der Waals surface area contributed by atoms with Crippen molar-refractivity contribution in [2.24, 2.45) is 35.0 Å². The molecule has 0 amide bonds. The molecule has 4 nitrogen and oxygen atoms in total. The van der Waals surface area contributed by atoms with Crippen LogP contribution in [0.15, 0.2) is 48.5 Å². The van der Waals surface area contributed by atoms with Crippen molar-refractivity contribution in [3.63, 3.8) is 0 Å². The average Bonchev–Trinajstić information content (AvgIpc) is 3.04. The molecule has 4 bridgehead atoms. The largest absolute Gasteiger partial charge is 0.508 e. The summed E-state index contributed by atoms with van der Waals surface area (Å²) < 4.78 is 0. The summed E-state index contributed by atoms with van der Waals surface area (Å²) in [5.74, 6) is 3.70. The lowest BCUT2D eigenvalue weighted by molar-refractivity contribution is -0.159. The Morgan fingerprint density at radius 2 is 1.48 bits per heavy atom. The van der Waals surface area contributed by atoms with E-state index in [1.165, 1.54) is 62.5 Å². The maximum absolute atomic E-state index is 12.9. The lowest BCUT2D eigenvalue weighted by Gasteiger charge is -2.65. The van der Waals surface area contributed by atoms with Gasteiger partial charge in [0.25, 0.3) is 0 Å². The minimum absolute atomic E-state index is 0.0251. The molecule has 8 atom stereocenters. The first-order valence-electron chi connectivity index (χ1n) is 19.2. The smallest absolute Gasteiger partial charge is 0.115 e. The van der Waals surface area contributed by atoms with Crippen LogP contribution in [0.3, 0.4) is 0 Å². The predicted molar refractivity (Wildman–Crippen MR) is 187 cm³/mol. The standard InChI is InChI=1S/C42H62O4/c1-3-5-7-12-39(34-21-29(13-16-36(43)10-6-4-2)20-33(22-34)32-9-8-11-38(45)23-32)40(46)42-26-30-19-31(27-42)25-41(24-30,28-42)35-14-17-37(44)18-15-35/h8-9,11,14-15,17-18,23,29-31,33-34,36,39-40,43-46H,3-7,10,12-13,16,19-22,24-28H2,1-2H3/t29?,30?,31?,33?,34?,36?,39?,40-,41?,42?/m0/s1. The summed E-state index contributed by atoms with van der Waals surface area (Å²) in [6.07, 6.45) is 19.7. The zero-order valence-electron chi connectivity index (χ0n) is 28.8. The van der Waals surface area contributed by atoms with Gasteiger partial charge in [0, 0.05) is 0 Å². The molecule has 0 radical (unpaired) electrons. The molecular formula is C42H62O4. The van der Waals surface area contributed by atoms with Crippen LogP contribution in [0.1, 0.15) is 146 Å². The van der Waals surface area contributed by atoms with Gasteiger partial charge in [-0.3, -0.25) is 0 Å². The van der Waals surface area contributed by atoms with E-state index in [0.29, 0.717) is 41.1 Å². The van der Waals surface area contributed by atoms with Gasteiger partial charge in [0.05, 0.1) is 12.2 Å². The molecule has 0 saturated heterocycles. The van der Waals surface area contributed by atoms with Gasteiger partial charge in [-0.1, -0.05) is 70.2 Å². The highest BCUT2D eigenvalue weighted by Crippen LogP contribution is 2.68. The quantitative estimate of drug-likeness (QED) is 0.148. The number of phenols is 2. The molecule has 5 saturated carbocycles. The summed E-state index contributed by atoms with van der Waals surface area (Å²) in [5, 5.41) is 44.2. The van der Waals surface area contributed by atoms with E-state index in [1.807, 2.05) is 24.3 Å². The molecule has 254 valence electrons. The molecule has 46 heavy (non-hydrogen) atoms. The second-order valence-corrected chi connectivity index (χ2v) is 16.8. The lowest BCUT2D eigenvalue weighted by Crippen LogP contribution is -2.59. The highest BCUT2D eigenvalue weighted by molar-refractivity contribution is 5.35. The van der Waals surface area contributed by atoms with Crippen LogP contribution in [-0.4, -0.2) is 32.6 Å². The zero-order chi connectivity index (χ0) is 32.3. The number of rotatable bonds is 15. The summed E-state index contributed by atoms with van der Waals surface area (Å²) in [4.78, 5) is 0. The molecule has 7 rings (SSSR count). The third kappa shape index (κ3) is 7.34. The van der Waals surface area contributed by atoms with E-state index in [0.717, 1.165) is 64.2 Å². The molecule has 5 aliphatic carbocycles. The number of aromatic hydroxyl groups is 2. The number of hydrogen-bond donors (Lipinski definition) is 4. The van der Waals surface area contributed by atoms with Gasteiger partial charge >= 0.3 is 0 Å². The first-order valence-corrected chi connectivity index (χ1v) is 19.2. The number of hydrogen-bond acceptors (Lipinski definition) is 4. The van der Waals surface area contributed by atoms with Crippen LogP contribution in [0.25, 0.3) is 0 Å². The van der Waals surface area contributed by atoms with Crippen molar-refractivity contribution in [1.82, 2.24) is 0 Å². The molecule has 2 aromatic carbocycles. The van der Waals surface area contributed by atoms with Crippen LogP contribution in [0.2, 0.25) is 0 Å². The molecule has 4 N–H and O–H groups in total. The average molecular weight is 631 g/mol. The fourth-order valence-corrected chi connectivity index (χ4v) is 11.7. The molecule has 4 heteroatoms. The topological polar surface area (TPSA) is 80.9 Å². The molecule has 0 aliphatic heterocycles. The van der Waals surface area contributed by atoms with E-state index in [4.69, 9.17) is 0 Å². The molecule has 0 aromatic heterocycles. The minimum Gasteiger partial charge on any atom is -0.508 e. The monoisotopic (exact) mass is 630 g/mol. The van der Waals surface area contributed by atoms with E-state index >= 15 is 0 Å². The molecule has 2 aromatic rings. The Morgan fingerprint density at radius 1 is 0.739 bits per heavy atom. The van der Waals surface area contributed by atoms with Crippen molar-refractivity contribution >= 4 is 0 Å². The fourth-order valence-electron chi connectivity index (χ4n) is 11.7. The van der Waals surface area contributed by atoms with E-state index in [-0.39, 0.29) is 29.0 Å². The summed E-state index contributed by atoms with van der Waals surface area (Å²) in [7, 11) is 0. The first-order chi connectivity index (χ1) is 22.2. The first kappa shape index (κ1) is 33.8. The third-order valence-electron chi connectivity index (χ3n) is 13.3. The molecule has 7 unspecified atom stereocenters. The highest BCUT2D eigenvalue weighted by Gasteiger charge is 2.61. The number of aliphatic hydroxyl groups is 2. The van der Waals surface area contributed by atoms with Crippen molar-refractivity contribution in [1.29, 1.82) is 0 Å². The maximum atomic E-state index is 12.9. The van der Waals surface area contributed by atoms with Gasteiger partial charge in [-0.05, 0) is 165 Å². The Bertz CT molecular complexity index is 1240. The Hall–Kier alpha value is -2.04. The highest BCUT2D eigenvalue weighted by atomic mass is 16.3. The number of phenolic OH excluding ortho intramolecular Hbond substituents is 2. The second-order valence-electron chi connectivity index (χ2n) is 16.8. The Labute approximate surface area is 279 Å². The van der Waals surface area contributed by atoms with Gasteiger partial charge in [-0.15, -0.1) is 0 Å². The molecule has 0 heterocycles. The van der Waals surface area contributed by atoms with E-state index in [1.54, 1.807) is 6.07 Å². The van der Waals surface area contributed by atoms with Gasteiger partial charge in [0.15, 0.2) is 0 Å². The number of aliphatic hydroxyl groups excluding tert-OH is 2. The lowest BCUT2D eigenvalue weighted by atomic mass is 9.40. The van der Waals surface area contributed by atoms with Gasteiger partial charge < -0.3 is 20.4 Å². The fraction of sp³-hybridized carbons (Fsp3) is 0.714. The second kappa shape index (κ2) is 14.6.